The number of benzene rings is 2. The first-order chi connectivity index (χ1) is 9.13. The summed E-state index contributed by atoms with van der Waals surface area (Å²) in [5.41, 5.74) is 3.36. The van der Waals surface area contributed by atoms with Gasteiger partial charge in [-0.3, -0.25) is 4.79 Å². The predicted molar refractivity (Wildman–Crippen MR) is 82.1 cm³/mol. The fraction of sp³-hybridized carbons (Fsp3) is 0. The van der Waals surface area contributed by atoms with E-state index in [1.54, 1.807) is 0 Å². The number of carbonyl (C=O) groups is 1. The number of halogens is 2. The van der Waals surface area contributed by atoms with E-state index >= 15 is 0 Å². The fourth-order valence-corrected chi connectivity index (χ4v) is 2.52. The molecule has 0 saturated carbocycles. The van der Waals surface area contributed by atoms with Gasteiger partial charge in [0.05, 0.1) is 0 Å². The van der Waals surface area contributed by atoms with Gasteiger partial charge < -0.3 is 5.32 Å². The van der Waals surface area contributed by atoms with Gasteiger partial charge in [0.15, 0.2) is 0 Å². The molecular weight excluding hydrogens is 326 g/mol. The van der Waals surface area contributed by atoms with Crippen LogP contribution in [0, 0.1) is 0 Å². The molecule has 1 aliphatic rings. The molecule has 0 aliphatic carbocycles. The minimum absolute atomic E-state index is 0.0805. The van der Waals surface area contributed by atoms with E-state index in [1.165, 1.54) is 0 Å². The summed E-state index contributed by atoms with van der Waals surface area (Å²) < 4.78 is 0.949. The molecule has 1 aliphatic heterocycles. The Morgan fingerprint density at radius 3 is 2.58 bits per heavy atom. The van der Waals surface area contributed by atoms with E-state index in [9.17, 15) is 4.79 Å². The van der Waals surface area contributed by atoms with Crippen molar-refractivity contribution in [1.29, 1.82) is 0 Å². The molecule has 19 heavy (non-hydrogen) atoms. The second-order valence-electron chi connectivity index (χ2n) is 4.25. The fourth-order valence-electron chi connectivity index (χ4n) is 2.03. The van der Waals surface area contributed by atoms with Crippen molar-refractivity contribution in [2.24, 2.45) is 0 Å². The summed E-state index contributed by atoms with van der Waals surface area (Å²) in [4.78, 5) is 12.0. The summed E-state index contributed by atoms with van der Waals surface area (Å²) >= 11 is 9.28. The molecule has 4 heteroatoms. The van der Waals surface area contributed by atoms with Crippen LogP contribution in [0.2, 0.25) is 5.02 Å². The zero-order valence-corrected chi connectivity index (χ0v) is 12.1. The molecule has 3 rings (SSSR count). The van der Waals surface area contributed by atoms with Crippen LogP contribution in [0.25, 0.3) is 11.6 Å². The lowest BCUT2D eigenvalue weighted by Gasteiger charge is -2.00. The van der Waals surface area contributed by atoms with Crippen molar-refractivity contribution in [3.8, 4) is 0 Å². The van der Waals surface area contributed by atoms with Crippen molar-refractivity contribution < 1.29 is 4.79 Å². The summed E-state index contributed by atoms with van der Waals surface area (Å²) in [6.45, 7) is 0. The molecule has 0 spiro atoms. The number of hydrogen-bond acceptors (Lipinski definition) is 1. The Kier molecular flexibility index (Phi) is 3.17. The lowest BCUT2D eigenvalue weighted by molar-refractivity contribution is -0.110. The molecule has 0 saturated heterocycles. The normalized spacial score (nSPS) is 15.5. The highest BCUT2D eigenvalue weighted by molar-refractivity contribution is 9.10. The Balaban J connectivity index is 2.08. The van der Waals surface area contributed by atoms with Gasteiger partial charge in [-0.1, -0.05) is 39.7 Å². The topological polar surface area (TPSA) is 29.1 Å². The third-order valence-electron chi connectivity index (χ3n) is 2.95. The molecule has 0 atom stereocenters. The number of nitrogens with one attached hydrogen (secondary N) is 1. The zero-order chi connectivity index (χ0) is 13.4. The van der Waals surface area contributed by atoms with Crippen LogP contribution in [-0.2, 0) is 4.79 Å². The predicted octanol–water partition coefficient (Wildman–Crippen LogP) is 4.60. The van der Waals surface area contributed by atoms with E-state index in [0.29, 0.717) is 10.6 Å². The van der Waals surface area contributed by atoms with Crippen molar-refractivity contribution in [1.82, 2.24) is 0 Å². The van der Waals surface area contributed by atoms with Crippen LogP contribution >= 0.6 is 27.5 Å². The minimum atomic E-state index is -0.0805. The minimum Gasteiger partial charge on any atom is -0.321 e. The van der Waals surface area contributed by atoms with Gasteiger partial charge in [0.1, 0.15) is 0 Å². The van der Waals surface area contributed by atoms with E-state index in [1.807, 2.05) is 48.5 Å². The molecule has 0 unspecified atom stereocenters. The summed E-state index contributed by atoms with van der Waals surface area (Å²) in [5, 5.41) is 3.53. The van der Waals surface area contributed by atoms with Gasteiger partial charge in [0.25, 0.3) is 5.91 Å². The van der Waals surface area contributed by atoms with E-state index in [4.69, 9.17) is 11.6 Å². The first-order valence-corrected chi connectivity index (χ1v) is 6.89. The highest BCUT2D eigenvalue weighted by Crippen LogP contribution is 2.35. The Morgan fingerprint density at radius 1 is 1.11 bits per heavy atom. The maximum absolute atomic E-state index is 12.0. The van der Waals surface area contributed by atoms with Crippen LogP contribution in [0.1, 0.15) is 11.1 Å². The van der Waals surface area contributed by atoms with Gasteiger partial charge in [-0.05, 0) is 42.0 Å². The quantitative estimate of drug-likeness (QED) is 0.759. The van der Waals surface area contributed by atoms with Crippen LogP contribution in [0.5, 0.6) is 0 Å². The molecule has 0 fully saturated rings. The van der Waals surface area contributed by atoms with Gasteiger partial charge in [-0.15, -0.1) is 0 Å². The highest BCUT2D eigenvalue weighted by atomic mass is 79.9. The van der Waals surface area contributed by atoms with Crippen LogP contribution in [-0.4, -0.2) is 5.91 Å². The van der Waals surface area contributed by atoms with Crippen molar-refractivity contribution in [3.05, 3.63) is 63.1 Å². The number of rotatable bonds is 1. The van der Waals surface area contributed by atoms with Crippen molar-refractivity contribution in [2.75, 3.05) is 5.32 Å². The second-order valence-corrected chi connectivity index (χ2v) is 5.61. The van der Waals surface area contributed by atoms with Crippen LogP contribution in [0.15, 0.2) is 46.9 Å². The van der Waals surface area contributed by atoms with Crippen LogP contribution in [0.3, 0.4) is 0 Å². The Labute approximate surface area is 124 Å². The summed E-state index contributed by atoms with van der Waals surface area (Å²) in [7, 11) is 0. The lowest BCUT2D eigenvalue weighted by Crippen LogP contribution is -2.03. The molecule has 0 aromatic heterocycles. The summed E-state index contributed by atoms with van der Waals surface area (Å²) in [5.74, 6) is -0.0805. The maximum atomic E-state index is 12.0. The van der Waals surface area contributed by atoms with Crippen molar-refractivity contribution >= 4 is 50.8 Å². The van der Waals surface area contributed by atoms with Crippen LogP contribution < -0.4 is 5.32 Å². The van der Waals surface area contributed by atoms with Gasteiger partial charge >= 0.3 is 0 Å². The van der Waals surface area contributed by atoms with Gasteiger partial charge in [0, 0.05) is 26.3 Å². The third kappa shape index (κ3) is 2.44. The molecule has 2 nitrogen and oxygen atoms in total. The summed E-state index contributed by atoms with van der Waals surface area (Å²) in [6.07, 6.45) is 1.87. The van der Waals surface area contributed by atoms with E-state index < -0.39 is 0 Å². The molecular formula is C15H9BrClNO. The first kappa shape index (κ1) is 12.5. The standard InChI is InChI=1S/C15H9BrClNO/c16-10-3-6-14-12(8-10)13(15(19)18-14)7-9-1-4-11(17)5-2-9/h1-8H,(H,18,19). The average molecular weight is 335 g/mol. The average Bonchev–Trinajstić information content (AvgIpc) is 2.69. The van der Waals surface area contributed by atoms with Gasteiger partial charge in [-0.25, -0.2) is 0 Å². The largest absolute Gasteiger partial charge is 0.321 e. The van der Waals surface area contributed by atoms with Crippen molar-refractivity contribution in [3.63, 3.8) is 0 Å². The van der Waals surface area contributed by atoms with Crippen molar-refractivity contribution in [2.45, 2.75) is 0 Å². The Morgan fingerprint density at radius 2 is 1.84 bits per heavy atom. The monoisotopic (exact) mass is 333 g/mol. The summed E-state index contributed by atoms with van der Waals surface area (Å²) in [6, 6.07) is 13.1. The zero-order valence-electron chi connectivity index (χ0n) is 9.78. The van der Waals surface area contributed by atoms with Gasteiger partial charge in [-0.2, -0.15) is 0 Å². The molecule has 1 heterocycles. The lowest BCUT2D eigenvalue weighted by atomic mass is 10.0. The smallest absolute Gasteiger partial charge is 0.256 e. The second kappa shape index (κ2) is 4.83. The number of hydrogen-bond donors (Lipinski definition) is 1. The molecule has 2 aromatic rings. The number of fused-ring (bicyclic) bond motifs is 1. The SMILES string of the molecule is O=C1Nc2ccc(Br)cc2C1=Cc1ccc(Cl)cc1. The van der Waals surface area contributed by atoms with E-state index in [2.05, 4.69) is 21.2 Å². The highest BCUT2D eigenvalue weighted by Gasteiger charge is 2.23. The maximum Gasteiger partial charge on any atom is 0.256 e. The van der Waals surface area contributed by atoms with Gasteiger partial charge in [0.2, 0.25) is 0 Å². The Bertz CT molecular complexity index is 692. The Hall–Kier alpha value is -1.58. The number of carbonyl (C=O) groups excluding carboxylic acids is 1. The number of amides is 1. The third-order valence-corrected chi connectivity index (χ3v) is 3.69. The molecule has 2 aromatic carbocycles. The van der Waals surface area contributed by atoms with E-state index in [-0.39, 0.29) is 5.91 Å². The van der Waals surface area contributed by atoms with E-state index in [0.717, 1.165) is 21.3 Å². The molecule has 1 amide bonds. The molecule has 1 N–H and O–H groups in total. The van der Waals surface area contributed by atoms with Crippen LogP contribution in [0.4, 0.5) is 5.69 Å². The number of anilines is 1. The molecule has 94 valence electrons. The molecule has 0 bridgehead atoms. The molecule has 0 radical (unpaired) electrons. The first-order valence-electron chi connectivity index (χ1n) is 5.72.